The van der Waals surface area contributed by atoms with Gasteiger partial charge in [-0.15, -0.1) is 0 Å². The van der Waals surface area contributed by atoms with Gasteiger partial charge in [-0.25, -0.2) is 9.97 Å². The number of nitrogens with zero attached hydrogens (tertiary/aromatic N) is 2. The number of furan rings is 1. The quantitative estimate of drug-likeness (QED) is 0.671. The number of aliphatic hydroxyl groups is 1. The summed E-state index contributed by atoms with van der Waals surface area (Å²) in [6.45, 7) is 1.99. The van der Waals surface area contributed by atoms with Gasteiger partial charge in [0.1, 0.15) is 11.3 Å². The predicted molar refractivity (Wildman–Crippen MR) is 86.7 cm³/mol. The molecule has 0 aliphatic carbocycles. The molecule has 0 bridgehead atoms. The number of hydrogen-bond donors (Lipinski definition) is 2. The second kappa shape index (κ2) is 7.02. The van der Waals surface area contributed by atoms with E-state index in [-0.39, 0.29) is 34.7 Å². The topological polar surface area (TPSA) is 94.4 Å². The number of rotatable bonds is 5. The Balaban J connectivity index is 2.07. The van der Waals surface area contributed by atoms with Crippen LogP contribution in [-0.2, 0) is 17.5 Å². The van der Waals surface area contributed by atoms with Gasteiger partial charge in [-0.3, -0.25) is 0 Å². The molecular weight excluding hydrogens is 351 g/mol. The third-order valence-electron chi connectivity index (χ3n) is 3.71. The molecule has 0 saturated heterocycles. The van der Waals surface area contributed by atoms with Crippen LogP contribution in [0.15, 0.2) is 35.0 Å². The lowest BCUT2D eigenvalue weighted by molar-refractivity contribution is -0.136. The smallest absolute Gasteiger partial charge is 0.420 e. The molecule has 6 nitrogen and oxygen atoms in total. The maximum atomic E-state index is 13.4. The second-order valence-corrected chi connectivity index (χ2v) is 5.50. The summed E-state index contributed by atoms with van der Waals surface area (Å²) in [6.07, 6.45) is -3.19. The van der Waals surface area contributed by atoms with Gasteiger partial charge in [-0.05, 0) is 25.1 Å². The average molecular weight is 367 g/mol. The lowest BCUT2D eigenvalue weighted by Crippen LogP contribution is -2.07. The lowest BCUT2D eigenvalue weighted by Gasteiger charge is -2.11. The van der Waals surface area contributed by atoms with Crippen LogP contribution >= 0.6 is 0 Å². The number of halogens is 3. The molecule has 1 aromatic carbocycles. The monoisotopic (exact) mass is 367 g/mol. The number of aromatic nitrogens is 2. The van der Waals surface area contributed by atoms with Gasteiger partial charge in [-0.2, -0.15) is 13.2 Å². The normalized spacial score (nSPS) is 13.3. The van der Waals surface area contributed by atoms with Crippen LogP contribution < -0.4 is 5.73 Å². The van der Waals surface area contributed by atoms with E-state index in [1.54, 1.807) is 6.92 Å². The largest absolute Gasteiger partial charge is 0.459 e. The van der Waals surface area contributed by atoms with Gasteiger partial charge in [0, 0.05) is 35.5 Å². The molecule has 1 unspecified atom stereocenters. The van der Waals surface area contributed by atoms with Crippen LogP contribution in [-0.4, -0.2) is 21.7 Å². The summed E-state index contributed by atoms with van der Waals surface area (Å²) in [7, 11) is 0. The molecule has 0 amide bonds. The van der Waals surface area contributed by atoms with Crippen LogP contribution in [0.2, 0.25) is 0 Å². The Morgan fingerprint density at radius 2 is 1.92 bits per heavy atom. The number of nitrogens with two attached hydrogens (primary N) is 1. The molecule has 9 heteroatoms. The van der Waals surface area contributed by atoms with Crippen molar-refractivity contribution in [1.29, 1.82) is 0 Å². The fourth-order valence-electron chi connectivity index (χ4n) is 2.52. The van der Waals surface area contributed by atoms with Crippen molar-refractivity contribution in [3.63, 3.8) is 0 Å². The molecule has 2 aromatic heterocycles. The van der Waals surface area contributed by atoms with Crippen LogP contribution in [0.5, 0.6) is 0 Å². The maximum absolute atomic E-state index is 13.4. The Morgan fingerprint density at radius 3 is 2.50 bits per heavy atom. The lowest BCUT2D eigenvalue weighted by atomic mass is 10.1. The van der Waals surface area contributed by atoms with Gasteiger partial charge >= 0.3 is 6.18 Å². The summed E-state index contributed by atoms with van der Waals surface area (Å²) in [4.78, 5) is 8.07. The van der Waals surface area contributed by atoms with E-state index in [0.29, 0.717) is 12.2 Å². The van der Waals surface area contributed by atoms with E-state index in [1.807, 2.05) is 0 Å². The summed E-state index contributed by atoms with van der Waals surface area (Å²) in [5.74, 6) is 0.332. The molecule has 0 saturated carbocycles. The molecule has 1 atom stereocenters. The number of hydrogen-bond acceptors (Lipinski definition) is 6. The highest BCUT2D eigenvalue weighted by atomic mass is 19.4. The number of aliphatic hydroxyl groups excluding tert-OH is 1. The van der Waals surface area contributed by atoms with Crippen molar-refractivity contribution in [3.8, 4) is 11.4 Å². The van der Waals surface area contributed by atoms with Crippen molar-refractivity contribution in [2.45, 2.75) is 25.9 Å². The molecule has 3 aromatic rings. The van der Waals surface area contributed by atoms with E-state index in [1.165, 1.54) is 24.5 Å². The first-order valence-electron chi connectivity index (χ1n) is 7.79. The minimum absolute atomic E-state index is 0.0121. The van der Waals surface area contributed by atoms with Crippen LogP contribution in [0.4, 0.5) is 13.2 Å². The molecule has 0 aliphatic rings. The number of ether oxygens (including phenoxy) is 1. The van der Waals surface area contributed by atoms with Crippen molar-refractivity contribution in [1.82, 2.24) is 9.97 Å². The molecule has 3 rings (SSSR count). The Labute approximate surface area is 146 Å². The van der Waals surface area contributed by atoms with Gasteiger partial charge in [0.15, 0.2) is 12.1 Å². The van der Waals surface area contributed by atoms with Crippen molar-refractivity contribution >= 4 is 11.0 Å². The first kappa shape index (κ1) is 18.3. The van der Waals surface area contributed by atoms with Crippen LogP contribution in [0.1, 0.15) is 30.1 Å². The molecule has 0 radical (unpaired) electrons. The molecular formula is C17H16F3N3O3. The van der Waals surface area contributed by atoms with Gasteiger partial charge in [-0.1, -0.05) is 0 Å². The first-order valence-corrected chi connectivity index (χ1v) is 7.79. The Morgan fingerprint density at radius 1 is 1.23 bits per heavy atom. The van der Waals surface area contributed by atoms with Crippen molar-refractivity contribution < 1.29 is 27.4 Å². The summed E-state index contributed by atoms with van der Waals surface area (Å²) in [5, 5.41) is 9.99. The minimum atomic E-state index is -4.61. The standard InChI is InChI=1S/C17H16F3N3O3/c1-2-25-16(24)11-7-22-15(23-8-11)10-3-9-4-12(6-21)26-14(9)13(5-10)17(18,19)20/h3-5,7-8,16,24H,2,6,21H2,1H3. The minimum Gasteiger partial charge on any atom is -0.459 e. The SMILES string of the molecule is CCOC(O)c1cnc(-c2cc(C(F)(F)F)c3oc(CN)cc3c2)nc1. The molecule has 3 N–H and O–H groups in total. The van der Waals surface area contributed by atoms with Crippen molar-refractivity contribution in [2.24, 2.45) is 5.73 Å². The second-order valence-electron chi connectivity index (χ2n) is 5.50. The van der Waals surface area contributed by atoms with Crippen molar-refractivity contribution in [3.05, 3.63) is 47.5 Å². The zero-order valence-electron chi connectivity index (χ0n) is 13.7. The zero-order valence-corrected chi connectivity index (χ0v) is 13.7. The predicted octanol–water partition coefficient (Wildman–Crippen LogP) is 3.39. The highest BCUT2D eigenvalue weighted by molar-refractivity contribution is 5.86. The zero-order chi connectivity index (χ0) is 18.9. The van der Waals surface area contributed by atoms with Crippen LogP contribution in [0, 0.1) is 0 Å². The van der Waals surface area contributed by atoms with Gasteiger partial charge in [0.2, 0.25) is 0 Å². The van der Waals surface area contributed by atoms with Crippen LogP contribution in [0.3, 0.4) is 0 Å². The highest BCUT2D eigenvalue weighted by Crippen LogP contribution is 2.38. The highest BCUT2D eigenvalue weighted by Gasteiger charge is 2.35. The summed E-state index contributed by atoms with van der Waals surface area (Å²) in [5.41, 5.74) is 4.74. The third-order valence-corrected chi connectivity index (χ3v) is 3.71. The van der Waals surface area contributed by atoms with E-state index in [0.717, 1.165) is 6.07 Å². The van der Waals surface area contributed by atoms with E-state index >= 15 is 0 Å². The van der Waals surface area contributed by atoms with Crippen molar-refractivity contribution in [2.75, 3.05) is 6.61 Å². The van der Waals surface area contributed by atoms with E-state index in [9.17, 15) is 18.3 Å². The van der Waals surface area contributed by atoms with E-state index < -0.39 is 18.0 Å². The third kappa shape index (κ3) is 3.55. The molecule has 2 heterocycles. The Hall–Kier alpha value is -2.49. The van der Waals surface area contributed by atoms with E-state index in [2.05, 4.69) is 9.97 Å². The maximum Gasteiger partial charge on any atom is 0.420 e. The number of fused-ring (bicyclic) bond motifs is 1. The van der Waals surface area contributed by atoms with Gasteiger partial charge < -0.3 is 20.0 Å². The van der Waals surface area contributed by atoms with Gasteiger partial charge in [0.25, 0.3) is 0 Å². The number of benzene rings is 1. The molecule has 26 heavy (non-hydrogen) atoms. The van der Waals surface area contributed by atoms with Gasteiger partial charge in [0.05, 0.1) is 12.1 Å². The first-order chi connectivity index (χ1) is 12.3. The summed E-state index contributed by atoms with van der Waals surface area (Å²) < 4.78 is 50.4. The fourth-order valence-corrected chi connectivity index (χ4v) is 2.52. The number of alkyl halides is 3. The summed E-state index contributed by atoms with van der Waals surface area (Å²) in [6, 6.07) is 3.89. The van der Waals surface area contributed by atoms with Crippen LogP contribution in [0.25, 0.3) is 22.4 Å². The average Bonchev–Trinajstić information content (AvgIpc) is 3.03. The molecule has 138 valence electrons. The Kier molecular flexibility index (Phi) is 4.94. The van der Waals surface area contributed by atoms with E-state index in [4.69, 9.17) is 14.9 Å². The fraction of sp³-hybridized carbons (Fsp3) is 0.294. The Bertz CT molecular complexity index is 907. The molecule has 0 spiro atoms. The molecule has 0 fully saturated rings. The summed E-state index contributed by atoms with van der Waals surface area (Å²) >= 11 is 0. The molecule has 0 aliphatic heterocycles.